The molecule has 30 heavy (non-hydrogen) atoms. The molecule has 150 valence electrons. The van der Waals surface area contributed by atoms with E-state index in [9.17, 15) is 9.59 Å². The van der Waals surface area contributed by atoms with Crippen LogP contribution < -0.4 is 10.6 Å². The SMILES string of the molecule is Cc1nc2ccccc2n1CCNC(=O)c1ccc(NC(=O)c2ccccc2)cc1. The molecule has 1 heterocycles. The second-order valence-corrected chi connectivity index (χ2v) is 6.95. The van der Waals surface area contributed by atoms with Gasteiger partial charge in [0, 0.05) is 29.9 Å². The zero-order valence-electron chi connectivity index (χ0n) is 16.6. The van der Waals surface area contributed by atoms with Crippen molar-refractivity contribution in [2.45, 2.75) is 13.5 Å². The molecule has 0 saturated carbocycles. The van der Waals surface area contributed by atoms with Crippen molar-refractivity contribution in [3.05, 3.63) is 95.8 Å². The lowest BCUT2D eigenvalue weighted by atomic mass is 10.1. The molecule has 0 spiro atoms. The molecule has 0 aliphatic carbocycles. The summed E-state index contributed by atoms with van der Waals surface area (Å²) in [6, 6.07) is 23.8. The van der Waals surface area contributed by atoms with E-state index >= 15 is 0 Å². The first-order valence-corrected chi connectivity index (χ1v) is 9.78. The Hall–Kier alpha value is -3.93. The highest BCUT2D eigenvalue weighted by Crippen LogP contribution is 2.15. The molecule has 1 aromatic heterocycles. The summed E-state index contributed by atoms with van der Waals surface area (Å²) in [5.41, 5.74) is 3.78. The van der Waals surface area contributed by atoms with Gasteiger partial charge in [0.1, 0.15) is 5.82 Å². The van der Waals surface area contributed by atoms with Crippen molar-refractivity contribution >= 4 is 28.5 Å². The lowest BCUT2D eigenvalue weighted by Gasteiger charge is -2.10. The van der Waals surface area contributed by atoms with E-state index in [0.29, 0.717) is 29.9 Å². The van der Waals surface area contributed by atoms with Crippen LogP contribution in [0.2, 0.25) is 0 Å². The third-order valence-corrected chi connectivity index (χ3v) is 4.91. The molecule has 0 atom stereocenters. The number of carbonyl (C=O) groups excluding carboxylic acids is 2. The predicted molar refractivity (Wildman–Crippen MR) is 118 cm³/mol. The van der Waals surface area contributed by atoms with E-state index in [1.807, 2.05) is 49.4 Å². The van der Waals surface area contributed by atoms with Crippen molar-refractivity contribution < 1.29 is 9.59 Å². The predicted octanol–water partition coefficient (Wildman–Crippen LogP) is 4.03. The van der Waals surface area contributed by atoms with E-state index in [1.165, 1.54) is 0 Å². The molecule has 0 fully saturated rings. The largest absolute Gasteiger partial charge is 0.350 e. The number of hydrogen-bond acceptors (Lipinski definition) is 3. The average molecular weight is 398 g/mol. The summed E-state index contributed by atoms with van der Waals surface area (Å²) in [4.78, 5) is 29.2. The number of imidazole rings is 1. The lowest BCUT2D eigenvalue weighted by molar-refractivity contribution is 0.0951. The number of aromatic nitrogens is 2. The van der Waals surface area contributed by atoms with Gasteiger partial charge >= 0.3 is 0 Å². The van der Waals surface area contributed by atoms with Crippen molar-refractivity contribution in [1.29, 1.82) is 0 Å². The van der Waals surface area contributed by atoms with Gasteiger partial charge in [-0.05, 0) is 55.5 Å². The van der Waals surface area contributed by atoms with E-state index in [0.717, 1.165) is 16.9 Å². The second-order valence-electron chi connectivity index (χ2n) is 6.95. The van der Waals surface area contributed by atoms with Crippen LogP contribution in [0.1, 0.15) is 26.5 Å². The number of fused-ring (bicyclic) bond motifs is 1. The van der Waals surface area contributed by atoms with Gasteiger partial charge in [-0.2, -0.15) is 0 Å². The fraction of sp³-hybridized carbons (Fsp3) is 0.125. The molecule has 3 aromatic carbocycles. The van der Waals surface area contributed by atoms with Gasteiger partial charge in [-0.15, -0.1) is 0 Å². The third kappa shape index (κ3) is 4.22. The van der Waals surface area contributed by atoms with Gasteiger partial charge in [-0.1, -0.05) is 30.3 Å². The summed E-state index contributed by atoms with van der Waals surface area (Å²) in [7, 11) is 0. The Morgan fingerprint density at radius 3 is 2.27 bits per heavy atom. The minimum absolute atomic E-state index is 0.155. The molecule has 4 rings (SSSR count). The summed E-state index contributed by atoms with van der Waals surface area (Å²) in [5, 5.41) is 5.77. The highest BCUT2D eigenvalue weighted by Gasteiger charge is 2.09. The van der Waals surface area contributed by atoms with E-state index in [-0.39, 0.29) is 11.8 Å². The molecule has 0 unspecified atom stereocenters. The standard InChI is InChI=1S/C24H22N4O2/c1-17-26-21-9-5-6-10-22(21)28(17)16-15-25-23(29)19-11-13-20(14-12-19)27-24(30)18-7-3-2-4-8-18/h2-14H,15-16H2,1H3,(H,25,29)(H,27,30). The van der Waals surface area contributed by atoms with Crippen LogP contribution in [0, 0.1) is 6.92 Å². The lowest BCUT2D eigenvalue weighted by Crippen LogP contribution is -2.27. The average Bonchev–Trinajstić information content (AvgIpc) is 3.10. The normalized spacial score (nSPS) is 10.7. The van der Waals surface area contributed by atoms with Crippen LogP contribution in [-0.2, 0) is 6.54 Å². The monoisotopic (exact) mass is 398 g/mol. The van der Waals surface area contributed by atoms with Gasteiger partial charge in [-0.25, -0.2) is 4.98 Å². The Morgan fingerprint density at radius 2 is 1.50 bits per heavy atom. The Morgan fingerprint density at radius 1 is 0.833 bits per heavy atom. The Labute approximate surface area is 174 Å². The minimum atomic E-state index is -0.185. The number of anilines is 1. The molecule has 6 nitrogen and oxygen atoms in total. The topological polar surface area (TPSA) is 76.0 Å². The van der Waals surface area contributed by atoms with E-state index in [1.54, 1.807) is 36.4 Å². The van der Waals surface area contributed by atoms with Crippen LogP contribution >= 0.6 is 0 Å². The summed E-state index contributed by atoms with van der Waals surface area (Å²) >= 11 is 0. The number of rotatable bonds is 6. The first kappa shape index (κ1) is 19.4. The van der Waals surface area contributed by atoms with Crippen LogP contribution in [-0.4, -0.2) is 27.9 Å². The molecule has 0 saturated heterocycles. The van der Waals surface area contributed by atoms with Crippen LogP contribution in [0.3, 0.4) is 0 Å². The van der Waals surface area contributed by atoms with Gasteiger partial charge in [0.05, 0.1) is 11.0 Å². The minimum Gasteiger partial charge on any atom is -0.350 e. The molecule has 0 bridgehead atoms. The smallest absolute Gasteiger partial charge is 0.255 e. The number of benzene rings is 3. The third-order valence-electron chi connectivity index (χ3n) is 4.91. The zero-order chi connectivity index (χ0) is 20.9. The molecular formula is C24H22N4O2. The van der Waals surface area contributed by atoms with Crippen LogP contribution in [0.15, 0.2) is 78.9 Å². The number of nitrogens with zero attached hydrogens (tertiary/aromatic N) is 2. The quantitative estimate of drug-likeness (QED) is 0.515. The number of carbonyl (C=O) groups is 2. The fourth-order valence-corrected chi connectivity index (χ4v) is 3.36. The molecule has 2 N–H and O–H groups in total. The maximum Gasteiger partial charge on any atom is 0.255 e. The second kappa shape index (κ2) is 8.61. The van der Waals surface area contributed by atoms with Crippen molar-refractivity contribution in [3.8, 4) is 0 Å². The van der Waals surface area contributed by atoms with Gasteiger partial charge in [0.25, 0.3) is 11.8 Å². The van der Waals surface area contributed by atoms with Gasteiger partial charge < -0.3 is 15.2 Å². The summed E-state index contributed by atoms with van der Waals surface area (Å²) < 4.78 is 2.10. The summed E-state index contributed by atoms with van der Waals surface area (Å²) in [6.45, 7) is 3.10. The fourth-order valence-electron chi connectivity index (χ4n) is 3.36. The Balaban J connectivity index is 1.34. The van der Waals surface area contributed by atoms with E-state index in [4.69, 9.17) is 0 Å². The highest BCUT2D eigenvalue weighted by molar-refractivity contribution is 6.04. The molecule has 4 aromatic rings. The van der Waals surface area contributed by atoms with Crippen LogP contribution in [0.25, 0.3) is 11.0 Å². The molecular weight excluding hydrogens is 376 g/mol. The van der Waals surface area contributed by atoms with Crippen molar-refractivity contribution in [3.63, 3.8) is 0 Å². The number of hydrogen-bond donors (Lipinski definition) is 2. The number of para-hydroxylation sites is 2. The Kier molecular flexibility index (Phi) is 5.57. The van der Waals surface area contributed by atoms with Crippen molar-refractivity contribution in [2.24, 2.45) is 0 Å². The number of aryl methyl sites for hydroxylation is 1. The van der Waals surface area contributed by atoms with E-state index < -0.39 is 0 Å². The van der Waals surface area contributed by atoms with Crippen LogP contribution in [0.4, 0.5) is 5.69 Å². The molecule has 0 radical (unpaired) electrons. The molecule has 6 heteroatoms. The van der Waals surface area contributed by atoms with Gasteiger partial charge in [-0.3, -0.25) is 9.59 Å². The van der Waals surface area contributed by atoms with Gasteiger partial charge in [0.2, 0.25) is 0 Å². The number of amides is 2. The molecule has 0 aliphatic rings. The van der Waals surface area contributed by atoms with Crippen LogP contribution in [0.5, 0.6) is 0 Å². The first-order chi connectivity index (χ1) is 14.6. The van der Waals surface area contributed by atoms with Crippen molar-refractivity contribution in [2.75, 3.05) is 11.9 Å². The molecule has 0 aliphatic heterocycles. The zero-order valence-corrected chi connectivity index (χ0v) is 16.6. The number of nitrogens with one attached hydrogen (secondary N) is 2. The van der Waals surface area contributed by atoms with Gasteiger partial charge in [0.15, 0.2) is 0 Å². The van der Waals surface area contributed by atoms with E-state index in [2.05, 4.69) is 20.2 Å². The summed E-state index contributed by atoms with van der Waals surface area (Å²) in [6.07, 6.45) is 0. The van der Waals surface area contributed by atoms with Crippen molar-refractivity contribution in [1.82, 2.24) is 14.9 Å². The maximum atomic E-state index is 12.5. The molecule has 2 amide bonds. The first-order valence-electron chi connectivity index (χ1n) is 9.78. The summed E-state index contributed by atoms with van der Waals surface area (Å²) in [5.74, 6) is 0.581. The maximum absolute atomic E-state index is 12.5. The highest BCUT2D eigenvalue weighted by atomic mass is 16.2. The Bertz CT molecular complexity index is 1180.